The van der Waals surface area contributed by atoms with Crippen LogP contribution in [0.3, 0.4) is 0 Å². The largest absolute Gasteiger partial charge is 0.497 e. The summed E-state index contributed by atoms with van der Waals surface area (Å²) in [5.74, 6) is 2.32. The number of rotatable bonds is 5. The topological polar surface area (TPSA) is 41.1 Å². The molecule has 0 spiro atoms. The van der Waals surface area contributed by atoms with E-state index in [4.69, 9.17) is 4.74 Å². The third kappa shape index (κ3) is 3.85. The molecule has 0 bridgehead atoms. The third-order valence-corrected chi connectivity index (χ3v) is 5.94. The second kappa shape index (κ2) is 8.09. The van der Waals surface area contributed by atoms with Crippen LogP contribution in [0.5, 0.6) is 5.75 Å². The molecular formula is C22H29N3O. The highest BCUT2D eigenvalue weighted by Crippen LogP contribution is 2.35. The van der Waals surface area contributed by atoms with E-state index in [-0.39, 0.29) is 0 Å². The van der Waals surface area contributed by atoms with E-state index >= 15 is 0 Å². The first-order chi connectivity index (χ1) is 12.8. The maximum absolute atomic E-state index is 5.38. The van der Waals surface area contributed by atoms with Crippen molar-refractivity contribution in [3.63, 3.8) is 0 Å². The van der Waals surface area contributed by atoms with Crippen LogP contribution in [0.15, 0.2) is 42.6 Å². The first kappa shape index (κ1) is 17.3. The van der Waals surface area contributed by atoms with Crippen LogP contribution in [0.2, 0.25) is 0 Å². The van der Waals surface area contributed by atoms with E-state index in [1.807, 2.05) is 18.3 Å². The maximum Gasteiger partial charge on any atom is 0.119 e. The molecule has 0 radical (unpaired) electrons. The van der Waals surface area contributed by atoms with Crippen LogP contribution in [0.1, 0.15) is 43.7 Å². The number of piperidine rings is 1. The van der Waals surface area contributed by atoms with Gasteiger partial charge in [0.2, 0.25) is 0 Å². The number of ether oxygens (including phenoxy) is 1. The molecule has 2 heterocycles. The summed E-state index contributed by atoms with van der Waals surface area (Å²) < 4.78 is 5.38. The number of nitrogens with zero attached hydrogens (tertiary/aromatic N) is 2. The number of aromatic nitrogens is 2. The molecule has 1 saturated heterocycles. The lowest BCUT2D eigenvalue weighted by molar-refractivity contribution is 0.177. The van der Waals surface area contributed by atoms with Crippen LogP contribution in [0.25, 0.3) is 11.1 Å². The van der Waals surface area contributed by atoms with Crippen molar-refractivity contribution >= 4 is 0 Å². The van der Waals surface area contributed by atoms with Gasteiger partial charge in [-0.25, -0.2) is 0 Å². The quantitative estimate of drug-likeness (QED) is 0.799. The average molecular weight is 351 g/mol. The first-order valence-electron chi connectivity index (χ1n) is 9.88. The van der Waals surface area contributed by atoms with Gasteiger partial charge in [0.25, 0.3) is 0 Å². The van der Waals surface area contributed by atoms with Crippen LogP contribution < -0.4 is 4.74 Å². The summed E-state index contributed by atoms with van der Waals surface area (Å²) in [4.78, 5) is 2.67. The van der Waals surface area contributed by atoms with Crippen molar-refractivity contribution in [2.24, 2.45) is 5.92 Å². The summed E-state index contributed by atoms with van der Waals surface area (Å²) in [6.07, 6.45) is 13.0. The fraction of sp³-hybridized carbons (Fsp3) is 0.500. The summed E-state index contributed by atoms with van der Waals surface area (Å²) in [6, 6.07) is 8.27. The zero-order valence-corrected chi connectivity index (χ0v) is 15.7. The molecule has 1 aromatic heterocycles. The molecule has 4 rings (SSSR count). The van der Waals surface area contributed by atoms with Gasteiger partial charge in [-0.05, 0) is 68.8 Å². The molecule has 1 aromatic carbocycles. The zero-order chi connectivity index (χ0) is 17.8. The third-order valence-electron chi connectivity index (χ3n) is 5.94. The number of allylic oxidation sites excluding steroid dienone is 2. The van der Waals surface area contributed by atoms with Crippen LogP contribution in [0.4, 0.5) is 0 Å². The van der Waals surface area contributed by atoms with Gasteiger partial charge in [0, 0.05) is 23.7 Å². The Bertz CT molecular complexity index is 743. The Balaban J connectivity index is 1.40. The van der Waals surface area contributed by atoms with Crippen molar-refractivity contribution in [2.75, 3.05) is 26.7 Å². The lowest BCUT2D eigenvalue weighted by Gasteiger charge is -2.34. The van der Waals surface area contributed by atoms with Gasteiger partial charge in [-0.3, -0.25) is 5.10 Å². The first-order valence-corrected chi connectivity index (χ1v) is 9.88. The summed E-state index contributed by atoms with van der Waals surface area (Å²) >= 11 is 0. The van der Waals surface area contributed by atoms with Gasteiger partial charge in [-0.2, -0.15) is 5.10 Å². The van der Waals surface area contributed by atoms with E-state index in [0.717, 1.165) is 11.7 Å². The molecule has 1 unspecified atom stereocenters. The molecule has 1 aliphatic carbocycles. The Hall–Kier alpha value is -2.07. The molecule has 4 nitrogen and oxygen atoms in total. The van der Waals surface area contributed by atoms with Gasteiger partial charge in [0.15, 0.2) is 0 Å². The van der Waals surface area contributed by atoms with Crippen molar-refractivity contribution in [3.05, 3.63) is 48.3 Å². The minimum atomic E-state index is 0.571. The second-order valence-corrected chi connectivity index (χ2v) is 7.65. The molecule has 138 valence electrons. The van der Waals surface area contributed by atoms with E-state index in [1.165, 1.54) is 68.6 Å². The minimum Gasteiger partial charge on any atom is -0.497 e. The van der Waals surface area contributed by atoms with Crippen LogP contribution in [0, 0.1) is 5.92 Å². The fourth-order valence-electron chi connectivity index (χ4n) is 4.42. The Morgan fingerprint density at radius 1 is 1.19 bits per heavy atom. The molecule has 1 aliphatic heterocycles. The smallest absolute Gasteiger partial charge is 0.119 e. The molecule has 0 saturated carbocycles. The average Bonchev–Trinajstić information content (AvgIpc) is 3.19. The van der Waals surface area contributed by atoms with Crippen molar-refractivity contribution in [3.8, 4) is 16.9 Å². The molecule has 0 amide bonds. The van der Waals surface area contributed by atoms with Crippen molar-refractivity contribution in [1.29, 1.82) is 0 Å². The van der Waals surface area contributed by atoms with Gasteiger partial charge in [0.05, 0.1) is 13.3 Å². The normalized spacial score (nSPS) is 21.8. The van der Waals surface area contributed by atoms with Crippen LogP contribution in [-0.4, -0.2) is 41.8 Å². The highest BCUT2D eigenvalue weighted by molar-refractivity contribution is 5.67. The predicted octanol–water partition coefficient (Wildman–Crippen LogP) is 4.62. The number of hydrogen-bond donors (Lipinski definition) is 1. The SMILES string of the molecule is COc1cccc(-c2cn[nH]c2C2CCN(CC3CC=CCC3)CC2)c1. The summed E-state index contributed by atoms with van der Waals surface area (Å²) in [5, 5.41) is 7.64. The molecule has 1 fully saturated rings. The monoisotopic (exact) mass is 351 g/mol. The summed E-state index contributed by atoms with van der Waals surface area (Å²) in [7, 11) is 1.72. The Morgan fingerprint density at radius 2 is 2.08 bits per heavy atom. The maximum atomic E-state index is 5.38. The predicted molar refractivity (Wildman–Crippen MR) is 105 cm³/mol. The van der Waals surface area contributed by atoms with Crippen molar-refractivity contribution in [1.82, 2.24) is 15.1 Å². The van der Waals surface area contributed by atoms with Crippen LogP contribution >= 0.6 is 0 Å². The lowest BCUT2D eigenvalue weighted by Crippen LogP contribution is -2.37. The zero-order valence-electron chi connectivity index (χ0n) is 15.7. The highest BCUT2D eigenvalue weighted by Gasteiger charge is 2.25. The van der Waals surface area contributed by atoms with E-state index < -0.39 is 0 Å². The van der Waals surface area contributed by atoms with Gasteiger partial charge in [-0.1, -0.05) is 24.3 Å². The van der Waals surface area contributed by atoms with Crippen LogP contribution in [-0.2, 0) is 0 Å². The van der Waals surface area contributed by atoms with E-state index in [9.17, 15) is 0 Å². The van der Waals surface area contributed by atoms with E-state index in [2.05, 4.69) is 39.4 Å². The highest BCUT2D eigenvalue weighted by atomic mass is 16.5. The molecule has 2 aliphatic rings. The molecule has 26 heavy (non-hydrogen) atoms. The van der Waals surface area contributed by atoms with Gasteiger partial charge in [0.1, 0.15) is 5.75 Å². The van der Waals surface area contributed by atoms with Crippen molar-refractivity contribution < 1.29 is 4.74 Å². The van der Waals surface area contributed by atoms with Gasteiger partial charge < -0.3 is 9.64 Å². The minimum absolute atomic E-state index is 0.571. The van der Waals surface area contributed by atoms with Gasteiger partial charge >= 0.3 is 0 Å². The summed E-state index contributed by atoms with van der Waals surface area (Å²) in [6.45, 7) is 3.66. The van der Waals surface area contributed by atoms with E-state index in [1.54, 1.807) is 7.11 Å². The van der Waals surface area contributed by atoms with Gasteiger partial charge in [-0.15, -0.1) is 0 Å². The lowest BCUT2D eigenvalue weighted by atomic mass is 9.88. The number of hydrogen-bond acceptors (Lipinski definition) is 3. The second-order valence-electron chi connectivity index (χ2n) is 7.65. The molecule has 4 heteroatoms. The molecule has 1 atom stereocenters. The molecular weight excluding hydrogens is 322 g/mol. The standard InChI is InChI=1S/C22H29N3O/c1-26-20-9-5-8-19(14-20)21-15-23-24-22(21)18-10-12-25(13-11-18)16-17-6-3-2-4-7-17/h2-3,5,8-9,14-15,17-18H,4,6-7,10-13,16H2,1H3,(H,23,24). The fourth-order valence-corrected chi connectivity index (χ4v) is 4.42. The molecule has 1 N–H and O–H groups in total. The number of nitrogens with one attached hydrogen (secondary N) is 1. The number of likely N-dealkylation sites (tertiary alicyclic amines) is 1. The number of aromatic amines is 1. The number of benzene rings is 1. The Morgan fingerprint density at radius 3 is 2.85 bits per heavy atom. The number of methoxy groups -OCH3 is 1. The Labute approximate surface area is 156 Å². The Kier molecular flexibility index (Phi) is 5.40. The molecule has 2 aromatic rings. The van der Waals surface area contributed by atoms with Crippen molar-refractivity contribution in [2.45, 2.75) is 38.0 Å². The summed E-state index contributed by atoms with van der Waals surface area (Å²) in [5.41, 5.74) is 3.70. The van der Waals surface area contributed by atoms with E-state index in [0.29, 0.717) is 5.92 Å². The number of H-pyrrole nitrogens is 1.